The number of carbonyl (C=O) groups is 2. The fourth-order valence-corrected chi connectivity index (χ4v) is 13.0. The van der Waals surface area contributed by atoms with Gasteiger partial charge in [-0.3, -0.25) is 4.79 Å². The van der Waals surface area contributed by atoms with E-state index >= 15 is 0 Å². The normalized spacial score (nSPS) is 40.8. The number of ether oxygens (including phenoxy) is 1. The van der Waals surface area contributed by atoms with Crippen molar-refractivity contribution in [2.45, 2.75) is 99.3 Å². The van der Waals surface area contributed by atoms with E-state index in [-0.39, 0.29) is 33.0 Å². The molecule has 252 valence electrons. The molecular formula is C41H60N2O3. The molecule has 9 unspecified atom stereocenters. The molecule has 0 radical (unpaired) electrons. The number of methoxy groups -OCH3 is 1. The molecule has 0 heterocycles. The summed E-state index contributed by atoms with van der Waals surface area (Å²) in [5.41, 5.74) is 5.00. The van der Waals surface area contributed by atoms with Crippen molar-refractivity contribution in [3.8, 4) is 0 Å². The number of rotatable bonds is 7. The second kappa shape index (κ2) is 11.6. The van der Waals surface area contributed by atoms with E-state index in [0.29, 0.717) is 47.6 Å². The number of esters is 1. The highest BCUT2D eigenvalue weighted by Gasteiger charge is 2.71. The minimum atomic E-state index is -0.284. The Kier molecular flexibility index (Phi) is 8.47. The van der Waals surface area contributed by atoms with Gasteiger partial charge in [0.15, 0.2) is 0 Å². The maximum absolute atomic E-state index is 14.1. The van der Waals surface area contributed by atoms with Gasteiger partial charge < -0.3 is 15.4 Å². The number of benzene rings is 1. The van der Waals surface area contributed by atoms with E-state index in [1.807, 2.05) is 19.2 Å². The van der Waals surface area contributed by atoms with Crippen molar-refractivity contribution < 1.29 is 14.3 Å². The quantitative estimate of drug-likeness (QED) is 0.181. The van der Waals surface area contributed by atoms with Crippen molar-refractivity contribution >= 4 is 17.4 Å². The van der Waals surface area contributed by atoms with Crippen molar-refractivity contribution in [1.82, 2.24) is 10.6 Å². The molecule has 5 nitrogen and oxygen atoms in total. The van der Waals surface area contributed by atoms with Crippen LogP contribution in [-0.2, 0) is 9.53 Å². The Morgan fingerprint density at radius 1 is 0.891 bits per heavy atom. The summed E-state index contributed by atoms with van der Waals surface area (Å²) in [7, 11) is 3.39. The molecule has 6 rings (SSSR count). The van der Waals surface area contributed by atoms with Gasteiger partial charge in [-0.25, -0.2) is 4.79 Å². The van der Waals surface area contributed by atoms with Crippen molar-refractivity contribution in [3.05, 3.63) is 53.6 Å². The van der Waals surface area contributed by atoms with Gasteiger partial charge >= 0.3 is 5.97 Å². The molecule has 46 heavy (non-hydrogen) atoms. The molecule has 2 N–H and O–H groups in total. The second-order valence-corrected chi connectivity index (χ2v) is 17.3. The molecule has 9 atom stereocenters. The van der Waals surface area contributed by atoms with E-state index < -0.39 is 0 Å². The van der Waals surface area contributed by atoms with Crippen LogP contribution < -0.4 is 10.6 Å². The Morgan fingerprint density at radius 3 is 2.26 bits per heavy atom. The third-order valence-corrected chi connectivity index (χ3v) is 15.4. The zero-order valence-electron chi connectivity index (χ0n) is 30.0. The molecule has 0 saturated heterocycles. The first-order valence-electron chi connectivity index (χ1n) is 18.2. The van der Waals surface area contributed by atoms with Gasteiger partial charge in [-0.05, 0) is 146 Å². The molecule has 0 aromatic heterocycles. The first kappa shape index (κ1) is 33.5. The van der Waals surface area contributed by atoms with Crippen LogP contribution in [0, 0.1) is 56.7 Å². The number of likely N-dealkylation sites (N-methyl/N-ethyl adjacent to an activating group) is 1. The zero-order valence-corrected chi connectivity index (χ0v) is 30.0. The molecule has 5 aliphatic carbocycles. The SMILES string of the molecule is C=C(C)C1CCC2(C(=O)NCCNC)CCC3(C)C(CCC4C5(C)CC=C(c6ccc(C(=O)OC)cc6)C(C)(C)C5CCC43C)C12. The molecule has 4 saturated carbocycles. The van der Waals surface area contributed by atoms with Gasteiger partial charge in [-0.2, -0.15) is 0 Å². The fraction of sp³-hybridized carbons (Fsp3) is 0.707. The minimum Gasteiger partial charge on any atom is -0.465 e. The average Bonchev–Trinajstić information content (AvgIpc) is 3.42. The van der Waals surface area contributed by atoms with Crippen LogP contribution in [0.15, 0.2) is 42.5 Å². The summed E-state index contributed by atoms with van der Waals surface area (Å²) < 4.78 is 4.95. The van der Waals surface area contributed by atoms with E-state index in [4.69, 9.17) is 4.74 Å². The Labute approximate surface area is 278 Å². The number of carbonyl (C=O) groups excluding carboxylic acids is 2. The molecule has 5 heteroatoms. The Balaban J connectivity index is 1.33. The lowest BCUT2D eigenvalue weighted by atomic mass is 9.32. The van der Waals surface area contributed by atoms with Crippen LogP contribution in [0.2, 0.25) is 0 Å². The monoisotopic (exact) mass is 628 g/mol. The lowest BCUT2D eigenvalue weighted by molar-refractivity contribution is -0.225. The fourth-order valence-electron chi connectivity index (χ4n) is 13.0. The molecule has 1 aromatic carbocycles. The van der Waals surface area contributed by atoms with Crippen LogP contribution in [0.4, 0.5) is 0 Å². The summed E-state index contributed by atoms with van der Waals surface area (Å²) in [6, 6.07) is 8.06. The number of fused-ring (bicyclic) bond motifs is 7. The lowest BCUT2D eigenvalue weighted by Crippen LogP contribution is -2.66. The van der Waals surface area contributed by atoms with Crippen LogP contribution in [0.5, 0.6) is 0 Å². The van der Waals surface area contributed by atoms with E-state index in [1.54, 1.807) is 0 Å². The van der Waals surface area contributed by atoms with E-state index in [2.05, 4.69) is 77.0 Å². The molecule has 1 amide bonds. The van der Waals surface area contributed by atoms with E-state index in [0.717, 1.165) is 38.6 Å². The van der Waals surface area contributed by atoms with Crippen LogP contribution in [0.25, 0.3) is 5.57 Å². The summed E-state index contributed by atoms with van der Waals surface area (Å²) in [6.45, 7) is 21.2. The smallest absolute Gasteiger partial charge is 0.337 e. The summed E-state index contributed by atoms with van der Waals surface area (Å²) in [5.74, 6) is 2.66. The summed E-state index contributed by atoms with van der Waals surface area (Å²) >= 11 is 0. The van der Waals surface area contributed by atoms with Gasteiger partial charge in [0.2, 0.25) is 5.91 Å². The molecule has 0 spiro atoms. The Bertz CT molecular complexity index is 1410. The van der Waals surface area contributed by atoms with Crippen LogP contribution >= 0.6 is 0 Å². The first-order chi connectivity index (χ1) is 21.7. The van der Waals surface area contributed by atoms with Crippen molar-refractivity contribution in [3.63, 3.8) is 0 Å². The maximum Gasteiger partial charge on any atom is 0.337 e. The standard InChI is InChI=1S/C41H60N2O3/c1-26(2)29-16-21-41(36(45)43-25-24-42-8)23-22-39(6)31(34(29)41)14-15-33-38(5)19-17-30(27-10-12-28(13-11-27)35(44)46-9)37(3,4)32(38)18-20-40(33,39)7/h10-13,17,29,31-34,42H,1,14-16,18-25H2,2-9H3,(H,43,45). The van der Waals surface area contributed by atoms with Gasteiger partial charge in [0.05, 0.1) is 18.1 Å². The van der Waals surface area contributed by atoms with Crippen molar-refractivity contribution in [2.75, 3.05) is 27.2 Å². The highest BCUT2D eigenvalue weighted by molar-refractivity contribution is 5.90. The highest BCUT2D eigenvalue weighted by Crippen LogP contribution is 2.77. The number of nitrogens with one attached hydrogen (secondary N) is 2. The third-order valence-electron chi connectivity index (χ3n) is 15.4. The summed E-state index contributed by atoms with van der Waals surface area (Å²) in [5, 5.41) is 6.57. The maximum atomic E-state index is 14.1. The average molecular weight is 629 g/mol. The number of allylic oxidation sites excluding steroid dienone is 3. The number of hydrogen-bond acceptors (Lipinski definition) is 4. The minimum absolute atomic E-state index is 0.0303. The summed E-state index contributed by atoms with van der Waals surface area (Å²) in [4.78, 5) is 26.2. The van der Waals surface area contributed by atoms with Gasteiger partial charge in [-0.1, -0.05) is 65.0 Å². The Morgan fingerprint density at radius 2 is 1.61 bits per heavy atom. The van der Waals surface area contributed by atoms with E-state index in [9.17, 15) is 9.59 Å². The molecule has 1 aromatic rings. The van der Waals surface area contributed by atoms with Gasteiger partial charge in [0.1, 0.15) is 0 Å². The zero-order chi connectivity index (χ0) is 33.3. The number of amides is 1. The first-order valence-corrected chi connectivity index (χ1v) is 18.2. The lowest BCUT2D eigenvalue weighted by Gasteiger charge is -2.72. The van der Waals surface area contributed by atoms with Crippen LogP contribution in [0.1, 0.15) is 115 Å². The van der Waals surface area contributed by atoms with Crippen molar-refractivity contribution in [2.24, 2.45) is 56.7 Å². The van der Waals surface area contributed by atoms with Gasteiger partial charge in [0.25, 0.3) is 0 Å². The van der Waals surface area contributed by atoms with Gasteiger partial charge in [-0.15, -0.1) is 0 Å². The number of hydrogen-bond donors (Lipinski definition) is 2. The van der Waals surface area contributed by atoms with Crippen LogP contribution in [0.3, 0.4) is 0 Å². The third kappa shape index (κ3) is 4.64. The highest BCUT2D eigenvalue weighted by atomic mass is 16.5. The van der Waals surface area contributed by atoms with Crippen molar-refractivity contribution in [1.29, 1.82) is 0 Å². The predicted molar refractivity (Wildman–Crippen MR) is 187 cm³/mol. The predicted octanol–water partition coefficient (Wildman–Crippen LogP) is 8.46. The second-order valence-electron chi connectivity index (χ2n) is 17.3. The molecular weight excluding hydrogens is 568 g/mol. The molecule has 0 bridgehead atoms. The Hall–Kier alpha value is -2.40. The molecule has 0 aliphatic heterocycles. The molecule has 4 fully saturated rings. The largest absolute Gasteiger partial charge is 0.465 e. The van der Waals surface area contributed by atoms with Crippen LogP contribution in [-0.4, -0.2) is 39.1 Å². The summed E-state index contributed by atoms with van der Waals surface area (Å²) in [6.07, 6.45) is 12.9. The topological polar surface area (TPSA) is 67.4 Å². The van der Waals surface area contributed by atoms with Gasteiger partial charge in [0, 0.05) is 13.1 Å². The van der Waals surface area contributed by atoms with E-state index in [1.165, 1.54) is 49.5 Å². The molecule has 5 aliphatic rings.